The van der Waals surface area contributed by atoms with Gasteiger partial charge >= 0.3 is 0 Å². The molecular formula is C102H68N8. The third kappa shape index (κ3) is 13.1. The van der Waals surface area contributed by atoms with Crippen LogP contribution in [-0.4, -0.2) is 39.0 Å². The van der Waals surface area contributed by atoms with Crippen molar-refractivity contribution in [3.63, 3.8) is 0 Å². The molecule has 20 aromatic rings. The molecule has 20 rings (SSSR count). The van der Waals surface area contributed by atoms with Crippen molar-refractivity contribution >= 4 is 43.6 Å². The van der Waals surface area contributed by atoms with Gasteiger partial charge in [0, 0.05) is 66.3 Å². The van der Waals surface area contributed by atoms with E-state index < -0.39 is 0 Å². The summed E-state index contributed by atoms with van der Waals surface area (Å²) in [5, 5.41) is 4.90. The standard InChI is InChI=1S/2C51H34N4/c1-5-15-35(16-6-1)40-28-32-48-46(33-40)44-23-13-14-24-47(44)55(48)42-29-25-39(26-30-42)50-52-49(38-21-11-4-12-22-38)53-51(54-50)41-27-31-43(36-17-7-2-8-18-36)45(34-41)37-19-9-3-10-20-37;1-5-15-35(16-6-1)40-27-30-48-46(34-40)45-23-13-14-24-47(45)55(48)44-28-25-39(26-29-44)50-52-49(38-21-11-4-12-22-38)53-51(54-50)43-32-41(36-17-7-2-8-18-36)31-42(33-43)37-19-9-3-10-20-37/h2*1-34H. The van der Waals surface area contributed by atoms with Crippen LogP contribution >= 0.6 is 0 Å². The highest BCUT2D eigenvalue weighted by atomic mass is 15.0. The second kappa shape index (κ2) is 29.2. The Morgan fingerprint density at radius 1 is 0.136 bits per heavy atom. The van der Waals surface area contributed by atoms with Crippen molar-refractivity contribution in [1.29, 1.82) is 0 Å². The summed E-state index contributed by atoms with van der Waals surface area (Å²) >= 11 is 0. The van der Waals surface area contributed by atoms with Gasteiger partial charge in [-0.1, -0.05) is 303 Å². The molecule has 0 unspecified atom stereocenters. The molecule has 4 heterocycles. The lowest BCUT2D eigenvalue weighted by Crippen LogP contribution is -2.01. The van der Waals surface area contributed by atoms with E-state index in [2.05, 4.69) is 343 Å². The smallest absolute Gasteiger partial charge is 0.164 e. The van der Waals surface area contributed by atoms with Crippen LogP contribution in [0.4, 0.5) is 0 Å². The van der Waals surface area contributed by atoms with E-state index in [9.17, 15) is 0 Å². The summed E-state index contributed by atoms with van der Waals surface area (Å²) < 4.78 is 4.69. The SMILES string of the molecule is c1ccc(-c2cc(-c3ccccc3)cc(-c3nc(-c4ccccc4)nc(-c4ccc(-n5c6ccccc6c6cc(-c7ccccc7)ccc65)cc4)n3)c2)cc1.c1ccc(-c2ccc3c(c2)c2ccccc2n3-c2ccc(-c3nc(-c4ccccc4)nc(-c4ccc(-c5ccccc5)c(-c5ccccc5)c4)n3)cc2)cc1. The third-order valence-corrected chi connectivity index (χ3v) is 20.5. The lowest BCUT2D eigenvalue weighted by molar-refractivity contribution is 1.07. The number of aromatic nitrogens is 8. The first kappa shape index (κ1) is 65.9. The summed E-state index contributed by atoms with van der Waals surface area (Å²) in [6.07, 6.45) is 0. The highest BCUT2D eigenvalue weighted by Crippen LogP contribution is 2.41. The molecular weight excluding hydrogens is 1340 g/mol. The molecule has 0 bridgehead atoms. The van der Waals surface area contributed by atoms with Crippen LogP contribution in [0.3, 0.4) is 0 Å². The summed E-state index contributed by atoms with van der Waals surface area (Å²) in [6, 6.07) is 144. The third-order valence-electron chi connectivity index (χ3n) is 20.5. The fourth-order valence-electron chi connectivity index (χ4n) is 15.1. The topological polar surface area (TPSA) is 87.2 Å². The molecule has 0 spiro atoms. The van der Waals surface area contributed by atoms with Crippen LogP contribution < -0.4 is 0 Å². The first-order chi connectivity index (χ1) is 54.5. The summed E-state index contributed by atoms with van der Waals surface area (Å²) in [7, 11) is 0. The Balaban J connectivity index is 0.000000149. The molecule has 0 saturated carbocycles. The fourth-order valence-corrected chi connectivity index (χ4v) is 15.1. The molecule has 0 aliphatic rings. The Morgan fingerprint density at radius 2 is 0.391 bits per heavy atom. The normalized spacial score (nSPS) is 11.3. The average Bonchev–Trinajstić information content (AvgIpc) is 1.59. The van der Waals surface area contributed by atoms with Crippen LogP contribution in [0, 0.1) is 0 Å². The molecule has 110 heavy (non-hydrogen) atoms. The second-order valence-corrected chi connectivity index (χ2v) is 27.4. The predicted molar refractivity (Wildman–Crippen MR) is 454 cm³/mol. The van der Waals surface area contributed by atoms with Crippen LogP contribution in [0.1, 0.15) is 0 Å². The highest BCUT2D eigenvalue weighted by Gasteiger charge is 2.21. The number of hydrogen-bond donors (Lipinski definition) is 0. The molecule has 0 amide bonds. The molecule has 4 aromatic heterocycles. The first-order valence-electron chi connectivity index (χ1n) is 37.1. The Kier molecular flexibility index (Phi) is 17.5. The van der Waals surface area contributed by atoms with Crippen molar-refractivity contribution in [2.24, 2.45) is 0 Å². The lowest BCUT2D eigenvalue weighted by atomic mass is 9.92. The van der Waals surface area contributed by atoms with Crippen molar-refractivity contribution in [2.45, 2.75) is 0 Å². The average molecular weight is 1410 g/mol. The summed E-state index contributed by atoms with van der Waals surface area (Å²) in [6.45, 7) is 0. The lowest BCUT2D eigenvalue weighted by Gasteiger charge is -2.14. The van der Waals surface area contributed by atoms with E-state index in [1.807, 2.05) is 78.9 Å². The van der Waals surface area contributed by atoms with Crippen LogP contribution in [0.5, 0.6) is 0 Å². The van der Waals surface area contributed by atoms with Gasteiger partial charge in [0.05, 0.1) is 22.1 Å². The molecule has 0 atom stereocenters. The van der Waals surface area contributed by atoms with E-state index in [1.165, 1.54) is 43.8 Å². The number of para-hydroxylation sites is 2. The highest BCUT2D eigenvalue weighted by molar-refractivity contribution is 6.12. The van der Waals surface area contributed by atoms with Crippen LogP contribution in [0.15, 0.2) is 413 Å². The van der Waals surface area contributed by atoms with Gasteiger partial charge in [-0.25, -0.2) is 29.9 Å². The van der Waals surface area contributed by atoms with Crippen LogP contribution in [0.2, 0.25) is 0 Å². The zero-order chi connectivity index (χ0) is 73.1. The van der Waals surface area contributed by atoms with Gasteiger partial charge in [0.15, 0.2) is 34.9 Å². The Bertz CT molecular complexity index is 6640. The van der Waals surface area contributed by atoms with Gasteiger partial charge in [-0.05, 0) is 176 Å². The van der Waals surface area contributed by atoms with Crippen molar-refractivity contribution in [3.8, 4) is 146 Å². The quantitative estimate of drug-likeness (QED) is 0.108. The van der Waals surface area contributed by atoms with E-state index in [1.54, 1.807) is 0 Å². The molecule has 8 nitrogen and oxygen atoms in total. The molecule has 8 heteroatoms. The van der Waals surface area contributed by atoms with Gasteiger partial charge in [0.25, 0.3) is 0 Å². The summed E-state index contributed by atoms with van der Waals surface area (Å²) in [5.41, 5.74) is 26.2. The van der Waals surface area contributed by atoms with E-state index in [4.69, 9.17) is 29.9 Å². The molecule has 0 saturated heterocycles. The molecule has 0 aliphatic heterocycles. The fraction of sp³-hybridized carbons (Fsp3) is 0. The van der Waals surface area contributed by atoms with Crippen molar-refractivity contribution in [1.82, 2.24) is 39.0 Å². The van der Waals surface area contributed by atoms with Gasteiger partial charge < -0.3 is 9.13 Å². The number of nitrogens with zero attached hydrogens (tertiary/aromatic N) is 8. The zero-order valence-electron chi connectivity index (χ0n) is 59.8. The molecule has 0 fully saturated rings. The number of benzene rings is 16. The molecule has 0 aliphatic carbocycles. The maximum Gasteiger partial charge on any atom is 0.164 e. The van der Waals surface area contributed by atoms with Gasteiger partial charge in [-0.3, -0.25) is 0 Å². The summed E-state index contributed by atoms with van der Waals surface area (Å²) in [5.74, 6) is 3.76. The predicted octanol–water partition coefficient (Wildman–Crippen LogP) is 25.9. The Hall–Kier alpha value is -14.9. The maximum atomic E-state index is 5.17. The Morgan fingerprint density at radius 3 is 0.764 bits per heavy atom. The molecule has 0 N–H and O–H groups in total. The minimum absolute atomic E-state index is 0.622. The van der Waals surface area contributed by atoms with Gasteiger partial charge in [0.1, 0.15) is 0 Å². The minimum atomic E-state index is 0.622. The van der Waals surface area contributed by atoms with Crippen molar-refractivity contribution in [3.05, 3.63) is 413 Å². The van der Waals surface area contributed by atoms with Crippen LogP contribution in [-0.2, 0) is 0 Å². The van der Waals surface area contributed by atoms with Gasteiger partial charge in [-0.2, -0.15) is 0 Å². The molecule has 16 aromatic carbocycles. The van der Waals surface area contributed by atoms with Crippen molar-refractivity contribution < 1.29 is 0 Å². The monoisotopic (exact) mass is 1400 g/mol. The summed E-state index contributed by atoms with van der Waals surface area (Å²) in [4.78, 5) is 30.6. The minimum Gasteiger partial charge on any atom is -0.309 e. The molecule has 516 valence electrons. The van der Waals surface area contributed by atoms with E-state index in [-0.39, 0.29) is 0 Å². The van der Waals surface area contributed by atoms with E-state index in [0.717, 1.165) is 111 Å². The van der Waals surface area contributed by atoms with Crippen LogP contribution in [0.25, 0.3) is 190 Å². The maximum absolute atomic E-state index is 5.17. The Labute approximate surface area is 637 Å². The number of rotatable bonds is 14. The van der Waals surface area contributed by atoms with E-state index >= 15 is 0 Å². The van der Waals surface area contributed by atoms with Gasteiger partial charge in [-0.15, -0.1) is 0 Å². The number of hydrogen-bond acceptors (Lipinski definition) is 6. The molecule has 0 radical (unpaired) electrons. The van der Waals surface area contributed by atoms with Crippen molar-refractivity contribution in [2.75, 3.05) is 0 Å². The number of fused-ring (bicyclic) bond motifs is 6. The van der Waals surface area contributed by atoms with E-state index in [0.29, 0.717) is 34.9 Å². The zero-order valence-corrected chi connectivity index (χ0v) is 59.8. The second-order valence-electron chi connectivity index (χ2n) is 27.4. The van der Waals surface area contributed by atoms with Gasteiger partial charge in [0.2, 0.25) is 0 Å². The first-order valence-corrected chi connectivity index (χ1v) is 37.1. The largest absolute Gasteiger partial charge is 0.309 e.